The van der Waals surface area contributed by atoms with Gasteiger partial charge in [0.05, 0.1) is 12.0 Å². The first kappa shape index (κ1) is 21.6. The molecule has 29 heavy (non-hydrogen) atoms. The van der Waals surface area contributed by atoms with Crippen molar-refractivity contribution in [2.24, 2.45) is 16.8 Å². The Bertz CT molecular complexity index is 817. The van der Waals surface area contributed by atoms with E-state index in [4.69, 9.17) is 11.6 Å². The lowest BCUT2D eigenvalue weighted by Gasteiger charge is -2.28. The molecule has 5 nitrogen and oxygen atoms in total. The van der Waals surface area contributed by atoms with Crippen LogP contribution >= 0.6 is 11.6 Å². The summed E-state index contributed by atoms with van der Waals surface area (Å²) in [7, 11) is 2.07. The van der Waals surface area contributed by atoms with Gasteiger partial charge in [-0.25, -0.2) is 4.99 Å². The van der Waals surface area contributed by atoms with Gasteiger partial charge in [0, 0.05) is 12.2 Å². The van der Waals surface area contributed by atoms with Gasteiger partial charge in [0.2, 0.25) is 5.91 Å². The Morgan fingerprint density at radius 2 is 2.21 bits per heavy atom. The number of amides is 1. The molecule has 2 heterocycles. The van der Waals surface area contributed by atoms with Crippen molar-refractivity contribution in [2.75, 3.05) is 25.5 Å². The first-order chi connectivity index (χ1) is 13.9. The Balaban J connectivity index is 1.66. The summed E-state index contributed by atoms with van der Waals surface area (Å²) in [5, 5.41) is 7.02. The number of halogens is 1. The Labute approximate surface area is 178 Å². The number of carbonyl (C=O) groups excluding carboxylic acids is 1. The minimum atomic E-state index is 0.0303. The van der Waals surface area contributed by atoms with Crippen molar-refractivity contribution in [1.29, 1.82) is 0 Å². The molecule has 1 saturated heterocycles. The number of nitrogens with zero attached hydrogens (tertiary/aromatic N) is 2. The summed E-state index contributed by atoms with van der Waals surface area (Å²) in [5.41, 5.74) is 1.92. The number of rotatable bonds is 5. The number of benzene rings is 1. The summed E-state index contributed by atoms with van der Waals surface area (Å²) in [6.45, 7) is 6.13. The number of likely N-dealkylation sites (tertiary alicyclic amines) is 1. The van der Waals surface area contributed by atoms with Gasteiger partial charge in [-0.2, -0.15) is 0 Å². The predicted molar refractivity (Wildman–Crippen MR) is 121 cm³/mol. The maximum absolute atomic E-state index is 12.7. The highest BCUT2D eigenvalue weighted by atomic mass is 35.5. The van der Waals surface area contributed by atoms with Crippen LogP contribution in [0, 0.1) is 11.8 Å². The van der Waals surface area contributed by atoms with Gasteiger partial charge in [0.1, 0.15) is 11.0 Å². The van der Waals surface area contributed by atoms with Crippen molar-refractivity contribution in [3.8, 4) is 0 Å². The fourth-order valence-corrected chi connectivity index (χ4v) is 3.98. The highest BCUT2D eigenvalue weighted by Gasteiger charge is 2.24. The van der Waals surface area contributed by atoms with E-state index in [1.807, 2.05) is 30.4 Å². The molecule has 0 radical (unpaired) electrons. The van der Waals surface area contributed by atoms with Crippen LogP contribution in [0.2, 0.25) is 0 Å². The largest absolute Gasteiger partial charge is 0.364 e. The lowest BCUT2D eigenvalue weighted by atomic mass is 9.97. The molecule has 1 aromatic rings. The molecule has 1 aromatic carbocycles. The maximum atomic E-state index is 12.7. The van der Waals surface area contributed by atoms with Crippen molar-refractivity contribution in [2.45, 2.75) is 39.2 Å². The van der Waals surface area contributed by atoms with Gasteiger partial charge < -0.3 is 15.5 Å². The quantitative estimate of drug-likeness (QED) is 0.734. The molecule has 0 saturated carbocycles. The van der Waals surface area contributed by atoms with Crippen molar-refractivity contribution in [1.82, 2.24) is 10.2 Å². The van der Waals surface area contributed by atoms with Crippen LogP contribution in [0.3, 0.4) is 0 Å². The first-order valence-electron chi connectivity index (χ1n) is 10.4. The molecule has 6 heteroatoms. The molecule has 0 bridgehead atoms. The van der Waals surface area contributed by atoms with E-state index in [1.54, 1.807) is 0 Å². The van der Waals surface area contributed by atoms with Gasteiger partial charge in [-0.1, -0.05) is 36.7 Å². The molecule has 1 amide bonds. The van der Waals surface area contributed by atoms with E-state index in [-0.39, 0.29) is 17.9 Å². The maximum Gasteiger partial charge on any atom is 0.228 e. The van der Waals surface area contributed by atoms with Crippen LogP contribution in [0.4, 0.5) is 5.69 Å². The molecular formula is C23H31ClN4O. The predicted octanol–water partition coefficient (Wildman–Crippen LogP) is 4.69. The van der Waals surface area contributed by atoms with E-state index < -0.39 is 0 Å². The molecular weight excluding hydrogens is 384 g/mol. The molecule has 0 aliphatic carbocycles. The van der Waals surface area contributed by atoms with E-state index in [0.29, 0.717) is 11.1 Å². The molecule has 0 aromatic heterocycles. The van der Waals surface area contributed by atoms with Gasteiger partial charge in [0.25, 0.3) is 0 Å². The van der Waals surface area contributed by atoms with E-state index >= 15 is 0 Å². The Morgan fingerprint density at radius 1 is 1.38 bits per heavy atom. The number of nitrogens with one attached hydrogen (secondary N) is 2. The number of anilines is 1. The zero-order valence-electron chi connectivity index (χ0n) is 17.5. The number of allylic oxidation sites excluding steroid dienone is 3. The fraction of sp³-hybridized carbons (Fsp3) is 0.478. The van der Waals surface area contributed by atoms with Gasteiger partial charge in [-0.05, 0) is 75.5 Å². The minimum Gasteiger partial charge on any atom is -0.364 e. The third-order valence-corrected chi connectivity index (χ3v) is 5.66. The Kier molecular flexibility index (Phi) is 7.51. The monoisotopic (exact) mass is 414 g/mol. The first-order valence-corrected chi connectivity index (χ1v) is 10.8. The fourth-order valence-electron chi connectivity index (χ4n) is 3.80. The third-order valence-electron chi connectivity index (χ3n) is 5.45. The number of aliphatic imine (C=N–C) groups is 1. The summed E-state index contributed by atoms with van der Waals surface area (Å²) >= 11 is 6.16. The molecule has 1 fully saturated rings. The summed E-state index contributed by atoms with van der Waals surface area (Å²) in [6, 6.07) is 8.03. The minimum absolute atomic E-state index is 0.0303. The second-order valence-electron chi connectivity index (χ2n) is 8.18. The van der Waals surface area contributed by atoms with Gasteiger partial charge >= 0.3 is 0 Å². The zero-order chi connectivity index (χ0) is 20.8. The summed E-state index contributed by atoms with van der Waals surface area (Å²) in [5.74, 6) is 1.32. The SMILES string of the molecule is CC1\C=C(N[C@@H](C)c2cccc(NC(=O)C3CCCN(C)C3)c2)/N=C(Cl)/C=C/C1. The highest BCUT2D eigenvalue weighted by Crippen LogP contribution is 2.22. The average molecular weight is 415 g/mol. The molecule has 156 valence electrons. The van der Waals surface area contributed by atoms with Crippen LogP contribution in [0.1, 0.15) is 44.7 Å². The van der Waals surface area contributed by atoms with Crippen LogP contribution in [-0.4, -0.2) is 36.1 Å². The van der Waals surface area contributed by atoms with Crippen LogP contribution in [-0.2, 0) is 4.79 Å². The lowest BCUT2D eigenvalue weighted by Crippen LogP contribution is -2.38. The third kappa shape index (κ3) is 6.44. The van der Waals surface area contributed by atoms with Crippen LogP contribution < -0.4 is 10.6 Å². The molecule has 2 aliphatic heterocycles. The molecule has 3 atom stereocenters. The summed E-state index contributed by atoms with van der Waals surface area (Å²) in [6.07, 6.45) is 8.95. The zero-order valence-corrected chi connectivity index (χ0v) is 18.2. The summed E-state index contributed by atoms with van der Waals surface area (Å²) < 4.78 is 0. The second kappa shape index (κ2) is 10.1. The van der Waals surface area contributed by atoms with Crippen molar-refractivity contribution < 1.29 is 4.79 Å². The average Bonchev–Trinajstić information content (AvgIpc) is 2.67. The molecule has 2 aliphatic rings. The van der Waals surface area contributed by atoms with E-state index in [0.717, 1.165) is 49.4 Å². The smallest absolute Gasteiger partial charge is 0.228 e. The van der Waals surface area contributed by atoms with Crippen molar-refractivity contribution in [3.05, 3.63) is 53.9 Å². The normalized spacial score (nSPS) is 28.7. The second-order valence-corrected chi connectivity index (χ2v) is 8.57. The number of hydrogen-bond acceptors (Lipinski definition) is 4. The van der Waals surface area contributed by atoms with Crippen LogP contribution in [0.5, 0.6) is 0 Å². The Morgan fingerprint density at radius 3 is 3.00 bits per heavy atom. The van der Waals surface area contributed by atoms with Gasteiger partial charge in [0.15, 0.2) is 0 Å². The number of hydrogen-bond donors (Lipinski definition) is 2. The lowest BCUT2D eigenvalue weighted by molar-refractivity contribution is -0.121. The molecule has 3 rings (SSSR count). The Hall–Kier alpha value is -2.11. The van der Waals surface area contributed by atoms with Crippen LogP contribution in [0.15, 0.2) is 53.3 Å². The number of piperidine rings is 1. The van der Waals surface area contributed by atoms with Crippen LogP contribution in [0.25, 0.3) is 0 Å². The van der Waals surface area contributed by atoms with E-state index in [9.17, 15) is 4.79 Å². The molecule has 2 N–H and O–H groups in total. The van der Waals surface area contributed by atoms with E-state index in [1.165, 1.54) is 0 Å². The number of carbonyl (C=O) groups is 1. The highest BCUT2D eigenvalue weighted by molar-refractivity contribution is 6.68. The topological polar surface area (TPSA) is 56.7 Å². The van der Waals surface area contributed by atoms with E-state index in [2.05, 4.69) is 53.6 Å². The standard InChI is InChI=1S/C23H31ClN4O/c1-16-7-4-11-21(24)27-22(13-16)25-17(2)18-8-5-10-20(14-18)26-23(29)19-9-6-12-28(3)15-19/h4-5,8,10-11,13-14,16-17,19,25H,6-7,9,12,15H2,1-3H3,(H,26,29)/b11-4+,22-13-,27-21-/t16?,17-,19?/m0/s1. The molecule has 2 unspecified atom stereocenters. The van der Waals surface area contributed by atoms with Gasteiger partial charge in [-0.15, -0.1) is 0 Å². The van der Waals surface area contributed by atoms with Crippen molar-refractivity contribution in [3.63, 3.8) is 0 Å². The van der Waals surface area contributed by atoms with Gasteiger partial charge in [-0.3, -0.25) is 4.79 Å². The van der Waals surface area contributed by atoms with Crippen molar-refractivity contribution >= 4 is 28.4 Å². The summed E-state index contributed by atoms with van der Waals surface area (Å²) in [4.78, 5) is 19.3. The molecule has 0 spiro atoms.